The molecule has 0 saturated heterocycles. The van der Waals surface area contributed by atoms with Gasteiger partial charge >= 0.3 is 0 Å². The second kappa shape index (κ2) is 6.90. The molecule has 1 heterocycles. The summed E-state index contributed by atoms with van der Waals surface area (Å²) in [4.78, 5) is 0. The Morgan fingerprint density at radius 3 is 2.62 bits per heavy atom. The van der Waals surface area contributed by atoms with Crippen LogP contribution in [0.5, 0.6) is 0 Å². The van der Waals surface area contributed by atoms with Gasteiger partial charge in [-0.25, -0.2) is 0 Å². The summed E-state index contributed by atoms with van der Waals surface area (Å²) in [7, 11) is 0. The summed E-state index contributed by atoms with van der Waals surface area (Å²) < 4.78 is 5.33. The topological polar surface area (TPSA) is 38.1 Å². The van der Waals surface area contributed by atoms with E-state index in [-0.39, 0.29) is 0 Å². The van der Waals surface area contributed by atoms with Crippen molar-refractivity contribution < 1.29 is 4.52 Å². The monoisotopic (exact) mass is 284 g/mol. The zero-order chi connectivity index (χ0) is 14.5. The molecular weight excluding hydrogens is 260 g/mol. The van der Waals surface area contributed by atoms with Gasteiger partial charge in [0.15, 0.2) is 5.76 Å². The zero-order valence-electron chi connectivity index (χ0n) is 12.7. The molecule has 21 heavy (non-hydrogen) atoms. The molecule has 0 amide bonds. The molecule has 1 unspecified atom stereocenters. The largest absolute Gasteiger partial charge is 0.360 e. The Kier molecular flexibility index (Phi) is 4.71. The summed E-state index contributed by atoms with van der Waals surface area (Å²) in [5, 5.41) is 7.67. The van der Waals surface area contributed by atoms with Crippen LogP contribution in [0.4, 0.5) is 0 Å². The van der Waals surface area contributed by atoms with E-state index in [0.29, 0.717) is 6.04 Å². The molecule has 1 saturated carbocycles. The highest BCUT2D eigenvalue weighted by Crippen LogP contribution is 2.34. The first-order chi connectivity index (χ1) is 10.3. The lowest BCUT2D eigenvalue weighted by Gasteiger charge is -2.31. The van der Waals surface area contributed by atoms with Gasteiger partial charge in [-0.05, 0) is 31.2 Å². The van der Waals surface area contributed by atoms with Gasteiger partial charge in [-0.15, -0.1) is 0 Å². The molecule has 0 radical (unpaired) electrons. The van der Waals surface area contributed by atoms with Crippen LogP contribution in [-0.4, -0.2) is 5.16 Å². The van der Waals surface area contributed by atoms with Gasteiger partial charge in [0.2, 0.25) is 0 Å². The molecule has 0 aliphatic heterocycles. The van der Waals surface area contributed by atoms with Gasteiger partial charge in [-0.2, -0.15) is 0 Å². The molecule has 1 aliphatic carbocycles. The Hall–Kier alpha value is -1.61. The van der Waals surface area contributed by atoms with Crippen molar-refractivity contribution in [1.82, 2.24) is 10.5 Å². The average Bonchev–Trinajstić information content (AvgIpc) is 2.95. The fourth-order valence-corrected chi connectivity index (χ4v) is 3.39. The number of benzene rings is 1. The fraction of sp³-hybridized carbons (Fsp3) is 0.500. The van der Waals surface area contributed by atoms with E-state index in [4.69, 9.17) is 4.52 Å². The Balaban J connectivity index is 1.72. The summed E-state index contributed by atoms with van der Waals surface area (Å²) in [6.07, 6.45) is 6.75. The summed E-state index contributed by atoms with van der Waals surface area (Å²) in [6.45, 7) is 2.71. The fourth-order valence-electron chi connectivity index (χ4n) is 3.39. The minimum absolute atomic E-state index is 0.414. The van der Waals surface area contributed by atoms with Crippen molar-refractivity contribution in [2.45, 2.75) is 51.6 Å². The molecule has 1 aromatic carbocycles. The lowest BCUT2D eigenvalue weighted by Crippen LogP contribution is -2.29. The van der Waals surface area contributed by atoms with Crippen LogP contribution >= 0.6 is 0 Å². The van der Waals surface area contributed by atoms with Gasteiger partial charge < -0.3 is 9.84 Å². The van der Waals surface area contributed by atoms with E-state index in [1.54, 1.807) is 0 Å². The van der Waals surface area contributed by atoms with Crippen LogP contribution in [-0.2, 0) is 6.54 Å². The summed E-state index contributed by atoms with van der Waals surface area (Å²) in [5.41, 5.74) is 2.33. The van der Waals surface area contributed by atoms with Crippen molar-refractivity contribution in [3.63, 3.8) is 0 Å². The molecule has 3 heteroatoms. The predicted octanol–water partition coefficient (Wildman–Crippen LogP) is 4.39. The summed E-state index contributed by atoms with van der Waals surface area (Å²) in [6, 6.07) is 13.2. The minimum atomic E-state index is 0.414. The zero-order valence-corrected chi connectivity index (χ0v) is 12.7. The van der Waals surface area contributed by atoms with Crippen molar-refractivity contribution in [1.29, 1.82) is 0 Å². The number of aryl methyl sites for hydroxylation is 1. The first kappa shape index (κ1) is 14.3. The predicted molar refractivity (Wildman–Crippen MR) is 83.8 cm³/mol. The smallest absolute Gasteiger partial charge is 0.150 e. The summed E-state index contributed by atoms with van der Waals surface area (Å²) in [5.74, 6) is 1.65. The van der Waals surface area contributed by atoms with Gasteiger partial charge in [0, 0.05) is 12.1 Å². The molecule has 112 valence electrons. The minimum Gasteiger partial charge on any atom is -0.360 e. The standard InChI is InChI=1S/C18H24N2O/c1-14-12-17(21-20-14)13-19-18(15-8-4-2-5-9-15)16-10-6-3-7-11-16/h2,4-5,8-9,12,16,18-19H,3,6-7,10-11,13H2,1H3. The van der Waals surface area contributed by atoms with E-state index >= 15 is 0 Å². The molecular formula is C18H24N2O. The van der Waals surface area contributed by atoms with E-state index in [1.807, 2.05) is 13.0 Å². The van der Waals surface area contributed by atoms with Crippen LogP contribution in [0.3, 0.4) is 0 Å². The van der Waals surface area contributed by atoms with Crippen molar-refractivity contribution in [3.8, 4) is 0 Å². The molecule has 0 spiro atoms. The van der Waals surface area contributed by atoms with Gasteiger partial charge in [0.25, 0.3) is 0 Å². The average molecular weight is 284 g/mol. The number of nitrogens with one attached hydrogen (secondary N) is 1. The molecule has 1 fully saturated rings. The maximum absolute atomic E-state index is 5.33. The maximum atomic E-state index is 5.33. The van der Waals surface area contributed by atoms with Gasteiger partial charge in [0.1, 0.15) is 0 Å². The number of aromatic nitrogens is 1. The highest BCUT2D eigenvalue weighted by atomic mass is 16.5. The first-order valence-electron chi connectivity index (χ1n) is 8.03. The number of hydrogen-bond acceptors (Lipinski definition) is 3. The quantitative estimate of drug-likeness (QED) is 0.884. The van der Waals surface area contributed by atoms with Crippen molar-refractivity contribution in [2.75, 3.05) is 0 Å². The van der Waals surface area contributed by atoms with Crippen LogP contribution in [0.25, 0.3) is 0 Å². The first-order valence-corrected chi connectivity index (χ1v) is 8.03. The van der Waals surface area contributed by atoms with Gasteiger partial charge in [0.05, 0.1) is 12.2 Å². The van der Waals surface area contributed by atoms with E-state index in [1.165, 1.54) is 37.7 Å². The summed E-state index contributed by atoms with van der Waals surface area (Å²) >= 11 is 0. The second-order valence-corrected chi connectivity index (χ2v) is 6.10. The third-order valence-electron chi connectivity index (χ3n) is 4.45. The third-order valence-corrected chi connectivity index (χ3v) is 4.45. The highest BCUT2D eigenvalue weighted by Gasteiger charge is 2.24. The maximum Gasteiger partial charge on any atom is 0.150 e. The van der Waals surface area contributed by atoms with Crippen molar-refractivity contribution in [3.05, 3.63) is 53.4 Å². The van der Waals surface area contributed by atoms with E-state index in [2.05, 4.69) is 40.8 Å². The van der Waals surface area contributed by atoms with E-state index in [9.17, 15) is 0 Å². The SMILES string of the molecule is Cc1cc(CNC(c2ccccc2)C2CCCCC2)on1. The van der Waals surface area contributed by atoms with Gasteiger partial charge in [-0.3, -0.25) is 0 Å². The normalized spacial score (nSPS) is 17.8. The number of nitrogens with zero attached hydrogens (tertiary/aromatic N) is 1. The van der Waals surface area contributed by atoms with Crippen LogP contribution in [0.1, 0.15) is 55.2 Å². The Morgan fingerprint density at radius 2 is 1.95 bits per heavy atom. The molecule has 1 atom stereocenters. The molecule has 3 rings (SSSR count). The van der Waals surface area contributed by atoms with E-state index in [0.717, 1.165) is 23.9 Å². The Bertz CT molecular complexity index is 543. The molecule has 3 nitrogen and oxygen atoms in total. The highest BCUT2D eigenvalue weighted by molar-refractivity contribution is 5.20. The van der Waals surface area contributed by atoms with Crippen LogP contribution in [0.2, 0.25) is 0 Å². The Morgan fingerprint density at radius 1 is 1.19 bits per heavy atom. The van der Waals surface area contributed by atoms with Crippen LogP contribution in [0, 0.1) is 12.8 Å². The molecule has 2 aromatic rings. The molecule has 1 N–H and O–H groups in total. The number of hydrogen-bond donors (Lipinski definition) is 1. The number of rotatable bonds is 5. The molecule has 0 bridgehead atoms. The second-order valence-electron chi connectivity index (χ2n) is 6.10. The third kappa shape index (κ3) is 3.73. The van der Waals surface area contributed by atoms with E-state index < -0.39 is 0 Å². The van der Waals surface area contributed by atoms with Crippen molar-refractivity contribution >= 4 is 0 Å². The van der Waals surface area contributed by atoms with Crippen molar-refractivity contribution in [2.24, 2.45) is 5.92 Å². The van der Waals surface area contributed by atoms with Crippen LogP contribution < -0.4 is 5.32 Å². The van der Waals surface area contributed by atoms with Gasteiger partial charge in [-0.1, -0.05) is 54.8 Å². The molecule has 1 aliphatic rings. The lowest BCUT2D eigenvalue weighted by molar-refractivity contribution is 0.261. The molecule has 1 aromatic heterocycles. The lowest BCUT2D eigenvalue weighted by atomic mass is 9.81. The Labute approximate surface area is 126 Å². The van der Waals surface area contributed by atoms with Crippen LogP contribution in [0.15, 0.2) is 40.9 Å².